The fourth-order valence-corrected chi connectivity index (χ4v) is 5.32. The van der Waals surface area contributed by atoms with Gasteiger partial charge in [0.1, 0.15) is 0 Å². The van der Waals surface area contributed by atoms with Gasteiger partial charge in [-0.3, -0.25) is 9.59 Å². The largest absolute Gasteiger partial charge is 0.293 e. The summed E-state index contributed by atoms with van der Waals surface area (Å²) >= 11 is 6.29. The number of halogens is 1. The molecule has 0 aliphatic heterocycles. The van der Waals surface area contributed by atoms with Gasteiger partial charge < -0.3 is 0 Å². The molecule has 0 aliphatic carbocycles. The average molecular weight is 515 g/mol. The molecule has 2 nitrogen and oxygen atoms in total. The Balaban J connectivity index is 1.78. The smallest absolute Gasteiger partial charge is 0.170 e. The van der Waals surface area contributed by atoms with Crippen molar-refractivity contribution in [3.8, 4) is 0 Å². The highest BCUT2D eigenvalue weighted by molar-refractivity contribution is 6.30. The molecule has 5 rings (SSSR count). The number of hydrogen-bond acceptors (Lipinski definition) is 2. The summed E-state index contributed by atoms with van der Waals surface area (Å²) in [6.07, 6.45) is 0. The van der Waals surface area contributed by atoms with Crippen LogP contribution in [0.15, 0.2) is 146 Å². The minimum Gasteiger partial charge on any atom is -0.293 e. The topological polar surface area (TPSA) is 34.1 Å². The molecule has 0 amide bonds. The summed E-state index contributed by atoms with van der Waals surface area (Å²) in [6.45, 7) is 0. The van der Waals surface area contributed by atoms with Crippen LogP contribution in [0, 0.1) is 0 Å². The van der Waals surface area contributed by atoms with Crippen LogP contribution < -0.4 is 0 Å². The van der Waals surface area contributed by atoms with Crippen LogP contribution in [-0.4, -0.2) is 11.6 Å². The van der Waals surface area contributed by atoms with Crippen molar-refractivity contribution in [2.24, 2.45) is 0 Å². The van der Waals surface area contributed by atoms with Crippen LogP contribution >= 0.6 is 11.6 Å². The van der Waals surface area contributed by atoms with E-state index < -0.39 is 17.8 Å². The van der Waals surface area contributed by atoms with Crippen molar-refractivity contribution in [3.63, 3.8) is 0 Å². The molecule has 0 saturated heterocycles. The molecule has 0 spiro atoms. The van der Waals surface area contributed by atoms with Gasteiger partial charge in [0.15, 0.2) is 11.6 Å². The third-order valence-corrected chi connectivity index (χ3v) is 7.22. The predicted octanol–water partition coefficient (Wildman–Crippen LogP) is 8.76. The maximum atomic E-state index is 14.4. The lowest BCUT2D eigenvalue weighted by Gasteiger charge is -2.34. The van der Waals surface area contributed by atoms with Gasteiger partial charge in [0.25, 0.3) is 0 Å². The van der Waals surface area contributed by atoms with Gasteiger partial charge in [-0.15, -0.1) is 0 Å². The number of ketones is 2. The molecule has 0 aromatic heterocycles. The van der Waals surface area contributed by atoms with Gasteiger partial charge in [0.05, 0.1) is 11.8 Å². The summed E-state index contributed by atoms with van der Waals surface area (Å²) in [6, 6.07) is 45.7. The molecular formula is C35H27ClO2. The molecule has 0 aliphatic rings. The molecule has 0 saturated carbocycles. The van der Waals surface area contributed by atoms with Gasteiger partial charge in [-0.25, -0.2) is 0 Å². The predicted molar refractivity (Wildman–Crippen MR) is 154 cm³/mol. The summed E-state index contributed by atoms with van der Waals surface area (Å²) in [5, 5.41) is 0.601. The zero-order valence-electron chi connectivity index (χ0n) is 20.8. The first-order valence-electron chi connectivity index (χ1n) is 12.7. The first-order valence-corrected chi connectivity index (χ1v) is 13.0. The molecule has 38 heavy (non-hydrogen) atoms. The van der Waals surface area contributed by atoms with Crippen LogP contribution in [-0.2, 0) is 0 Å². The van der Waals surface area contributed by atoms with E-state index in [0.717, 1.165) is 16.7 Å². The second-order valence-electron chi connectivity index (χ2n) is 9.31. The van der Waals surface area contributed by atoms with Gasteiger partial charge in [0, 0.05) is 22.1 Å². The lowest BCUT2D eigenvalue weighted by atomic mass is 9.67. The van der Waals surface area contributed by atoms with Crippen molar-refractivity contribution in [1.82, 2.24) is 0 Å². The average Bonchev–Trinajstić information content (AvgIpc) is 2.99. The molecule has 5 aromatic rings. The third kappa shape index (κ3) is 5.51. The molecule has 0 N–H and O–H groups in total. The van der Waals surface area contributed by atoms with Crippen molar-refractivity contribution in [2.45, 2.75) is 17.8 Å². The standard InChI is InChI=1S/C35H27ClO2/c36-30-23-21-27(22-24-30)31(32(25-13-5-1-6-14-25)34(37)28-17-9-3-10-18-28)33(26-15-7-2-8-16-26)35(38)29-19-11-4-12-20-29/h1-24,31-33H/t32-,33-/m1/s1. The van der Waals surface area contributed by atoms with E-state index in [-0.39, 0.29) is 11.6 Å². The summed E-state index contributed by atoms with van der Waals surface area (Å²) in [7, 11) is 0. The van der Waals surface area contributed by atoms with E-state index in [4.69, 9.17) is 11.6 Å². The van der Waals surface area contributed by atoms with E-state index in [1.54, 1.807) is 0 Å². The molecule has 5 aromatic carbocycles. The van der Waals surface area contributed by atoms with E-state index in [2.05, 4.69) is 0 Å². The number of rotatable bonds is 9. The maximum absolute atomic E-state index is 14.4. The molecule has 0 fully saturated rings. The number of carbonyl (C=O) groups excluding carboxylic acids is 2. The fourth-order valence-electron chi connectivity index (χ4n) is 5.19. The first kappa shape index (κ1) is 25.4. The van der Waals surface area contributed by atoms with E-state index in [9.17, 15) is 9.59 Å². The second kappa shape index (κ2) is 11.9. The lowest BCUT2D eigenvalue weighted by molar-refractivity contribution is 0.0899. The SMILES string of the molecule is O=C(c1ccccc1)[C@H](c1ccccc1)C(c1ccc(Cl)cc1)[C@H](C(=O)c1ccccc1)c1ccccc1. The highest BCUT2D eigenvalue weighted by Crippen LogP contribution is 2.46. The van der Waals surface area contributed by atoms with Crippen LogP contribution in [0.25, 0.3) is 0 Å². The van der Waals surface area contributed by atoms with Gasteiger partial charge in [0.2, 0.25) is 0 Å². The third-order valence-electron chi connectivity index (χ3n) is 6.97. The summed E-state index contributed by atoms with van der Waals surface area (Å²) in [4.78, 5) is 28.8. The molecular weight excluding hydrogens is 488 g/mol. The van der Waals surface area contributed by atoms with E-state index >= 15 is 0 Å². The summed E-state index contributed by atoms with van der Waals surface area (Å²) in [5.41, 5.74) is 3.83. The number of benzene rings is 5. The molecule has 0 unspecified atom stereocenters. The van der Waals surface area contributed by atoms with Crippen LogP contribution in [0.4, 0.5) is 0 Å². The van der Waals surface area contributed by atoms with Crippen molar-refractivity contribution in [2.75, 3.05) is 0 Å². The Kier molecular flexibility index (Phi) is 7.92. The van der Waals surface area contributed by atoms with Crippen LogP contribution in [0.5, 0.6) is 0 Å². The van der Waals surface area contributed by atoms with Gasteiger partial charge >= 0.3 is 0 Å². The Morgan fingerprint density at radius 1 is 0.421 bits per heavy atom. The molecule has 2 atom stereocenters. The normalized spacial score (nSPS) is 12.6. The minimum absolute atomic E-state index is 0.0291. The molecule has 0 bridgehead atoms. The monoisotopic (exact) mass is 514 g/mol. The zero-order valence-corrected chi connectivity index (χ0v) is 21.5. The van der Waals surface area contributed by atoms with E-state index in [1.165, 1.54) is 0 Å². The van der Waals surface area contributed by atoms with Crippen molar-refractivity contribution in [3.05, 3.63) is 178 Å². The van der Waals surface area contributed by atoms with Gasteiger partial charge in [-0.05, 0) is 28.8 Å². The van der Waals surface area contributed by atoms with E-state index in [1.807, 2.05) is 146 Å². The fraction of sp³-hybridized carbons (Fsp3) is 0.0857. The van der Waals surface area contributed by atoms with Crippen LogP contribution in [0.3, 0.4) is 0 Å². The molecule has 186 valence electrons. The minimum atomic E-state index is -0.613. The Morgan fingerprint density at radius 2 is 0.763 bits per heavy atom. The number of carbonyl (C=O) groups is 2. The lowest BCUT2D eigenvalue weighted by Crippen LogP contribution is -2.30. The Bertz CT molecular complexity index is 1390. The van der Waals surface area contributed by atoms with Crippen LogP contribution in [0.2, 0.25) is 5.02 Å². The number of Topliss-reactive ketones (excluding diaryl/α,β-unsaturated/α-hetero) is 2. The Hall–Kier alpha value is -4.27. The highest BCUT2D eigenvalue weighted by Gasteiger charge is 2.41. The maximum Gasteiger partial charge on any atom is 0.170 e. The zero-order chi connectivity index (χ0) is 26.3. The molecule has 0 radical (unpaired) electrons. The van der Waals surface area contributed by atoms with Crippen molar-refractivity contribution >= 4 is 23.2 Å². The van der Waals surface area contributed by atoms with Crippen LogP contribution in [0.1, 0.15) is 55.2 Å². The highest BCUT2D eigenvalue weighted by atomic mass is 35.5. The quantitative estimate of drug-likeness (QED) is 0.184. The summed E-state index contributed by atoms with van der Waals surface area (Å²) < 4.78 is 0. The first-order chi connectivity index (χ1) is 18.6. The molecule has 0 heterocycles. The molecule has 3 heteroatoms. The van der Waals surface area contributed by atoms with Crippen molar-refractivity contribution in [1.29, 1.82) is 0 Å². The Labute approximate surface area is 228 Å². The van der Waals surface area contributed by atoms with Gasteiger partial charge in [-0.2, -0.15) is 0 Å². The Morgan fingerprint density at radius 3 is 1.13 bits per heavy atom. The van der Waals surface area contributed by atoms with E-state index in [0.29, 0.717) is 16.1 Å². The summed E-state index contributed by atoms with van der Waals surface area (Å²) in [5.74, 6) is -1.77. The number of hydrogen-bond donors (Lipinski definition) is 0. The van der Waals surface area contributed by atoms with Crippen molar-refractivity contribution < 1.29 is 9.59 Å². The second-order valence-corrected chi connectivity index (χ2v) is 9.75. The van der Waals surface area contributed by atoms with Gasteiger partial charge in [-0.1, -0.05) is 145 Å².